The minimum atomic E-state index is -1.07. The highest BCUT2D eigenvalue weighted by Crippen LogP contribution is 2.28. The minimum absolute atomic E-state index is 0.0716. The van der Waals surface area contributed by atoms with Crippen molar-refractivity contribution in [2.75, 3.05) is 5.32 Å². The Morgan fingerprint density at radius 1 is 1.29 bits per heavy atom. The maximum absolute atomic E-state index is 12.5. The standard InChI is InChI=1S/C18H21NO5/c1-4-5-15-13(8-9-23-15)17(20)19-14-10-12(18(21)22)6-7-16(14)24-11(2)3/h6-11H,4-5H2,1-3H3,(H,19,20)(H,21,22). The summed E-state index contributed by atoms with van der Waals surface area (Å²) in [7, 11) is 0. The lowest BCUT2D eigenvalue weighted by Crippen LogP contribution is -2.16. The normalized spacial score (nSPS) is 10.7. The van der Waals surface area contributed by atoms with Crippen molar-refractivity contribution in [1.29, 1.82) is 0 Å². The molecule has 0 spiro atoms. The van der Waals surface area contributed by atoms with Crippen molar-refractivity contribution in [2.45, 2.75) is 39.7 Å². The lowest BCUT2D eigenvalue weighted by molar-refractivity contribution is 0.0696. The molecular weight excluding hydrogens is 310 g/mol. The second-order valence-corrected chi connectivity index (χ2v) is 5.64. The van der Waals surface area contributed by atoms with Gasteiger partial charge in [-0.2, -0.15) is 0 Å². The Balaban J connectivity index is 2.31. The van der Waals surface area contributed by atoms with E-state index in [4.69, 9.17) is 14.3 Å². The molecule has 128 valence electrons. The van der Waals surface area contributed by atoms with E-state index in [-0.39, 0.29) is 17.6 Å². The summed E-state index contributed by atoms with van der Waals surface area (Å²) < 4.78 is 11.0. The van der Waals surface area contributed by atoms with E-state index in [0.29, 0.717) is 29.2 Å². The van der Waals surface area contributed by atoms with Crippen LogP contribution in [0.4, 0.5) is 5.69 Å². The van der Waals surface area contributed by atoms with Crippen LogP contribution < -0.4 is 10.1 Å². The smallest absolute Gasteiger partial charge is 0.335 e. The van der Waals surface area contributed by atoms with Crippen molar-refractivity contribution in [3.8, 4) is 5.75 Å². The fourth-order valence-electron chi connectivity index (χ4n) is 2.27. The van der Waals surface area contributed by atoms with Gasteiger partial charge in [0.15, 0.2) is 0 Å². The molecule has 1 aromatic carbocycles. The van der Waals surface area contributed by atoms with Gasteiger partial charge >= 0.3 is 5.97 Å². The molecule has 0 radical (unpaired) electrons. The summed E-state index contributed by atoms with van der Waals surface area (Å²) in [5.74, 6) is -0.403. The number of carbonyl (C=O) groups is 2. The molecule has 0 bridgehead atoms. The van der Waals surface area contributed by atoms with Crippen LogP contribution in [0.5, 0.6) is 5.75 Å². The highest BCUT2D eigenvalue weighted by molar-refractivity contribution is 6.06. The van der Waals surface area contributed by atoms with Crippen LogP contribution in [0, 0.1) is 0 Å². The van der Waals surface area contributed by atoms with E-state index in [2.05, 4.69) is 5.32 Å². The van der Waals surface area contributed by atoms with Crippen LogP contribution in [-0.2, 0) is 6.42 Å². The van der Waals surface area contributed by atoms with E-state index in [1.807, 2.05) is 20.8 Å². The van der Waals surface area contributed by atoms with Crippen molar-refractivity contribution >= 4 is 17.6 Å². The predicted octanol–water partition coefficient (Wildman–Crippen LogP) is 3.97. The number of ether oxygens (including phenoxy) is 1. The maximum Gasteiger partial charge on any atom is 0.335 e. The fourth-order valence-corrected chi connectivity index (χ4v) is 2.27. The molecule has 0 unspecified atom stereocenters. The van der Waals surface area contributed by atoms with E-state index >= 15 is 0 Å². The second-order valence-electron chi connectivity index (χ2n) is 5.64. The van der Waals surface area contributed by atoms with Crippen molar-refractivity contribution in [3.05, 3.63) is 47.4 Å². The van der Waals surface area contributed by atoms with E-state index in [9.17, 15) is 9.59 Å². The summed E-state index contributed by atoms with van der Waals surface area (Å²) in [6.45, 7) is 5.70. The third-order valence-electron chi connectivity index (χ3n) is 3.30. The molecule has 1 amide bonds. The predicted molar refractivity (Wildman–Crippen MR) is 89.8 cm³/mol. The number of carboxylic acid groups (broad SMARTS) is 1. The van der Waals surface area contributed by atoms with E-state index in [1.54, 1.807) is 12.1 Å². The van der Waals surface area contributed by atoms with Gasteiger partial charge in [-0.3, -0.25) is 4.79 Å². The quantitative estimate of drug-likeness (QED) is 0.801. The number of hydrogen-bond donors (Lipinski definition) is 2. The average Bonchev–Trinajstić information content (AvgIpc) is 2.97. The molecule has 0 aliphatic rings. The number of rotatable bonds is 7. The third-order valence-corrected chi connectivity index (χ3v) is 3.30. The van der Waals surface area contributed by atoms with Gasteiger partial charge in [0.05, 0.1) is 29.2 Å². The zero-order valence-electron chi connectivity index (χ0n) is 14.0. The number of aryl methyl sites for hydroxylation is 1. The first-order chi connectivity index (χ1) is 11.4. The SMILES string of the molecule is CCCc1occc1C(=O)Nc1cc(C(=O)O)ccc1OC(C)C. The van der Waals surface area contributed by atoms with Gasteiger partial charge in [-0.1, -0.05) is 6.92 Å². The summed E-state index contributed by atoms with van der Waals surface area (Å²) in [5.41, 5.74) is 0.827. The Bertz CT molecular complexity index is 733. The molecule has 24 heavy (non-hydrogen) atoms. The highest BCUT2D eigenvalue weighted by atomic mass is 16.5. The lowest BCUT2D eigenvalue weighted by Gasteiger charge is -2.15. The second kappa shape index (κ2) is 7.68. The zero-order valence-corrected chi connectivity index (χ0v) is 14.0. The van der Waals surface area contributed by atoms with Crippen LogP contribution in [-0.4, -0.2) is 23.1 Å². The molecule has 0 fully saturated rings. The first-order valence-electron chi connectivity index (χ1n) is 7.84. The van der Waals surface area contributed by atoms with Crippen molar-refractivity contribution < 1.29 is 23.8 Å². The summed E-state index contributed by atoms with van der Waals surface area (Å²) in [6.07, 6.45) is 2.87. The number of carboxylic acids is 1. The summed E-state index contributed by atoms with van der Waals surface area (Å²) in [6, 6.07) is 5.97. The Kier molecular flexibility index (Phi) is 5.63. The molecule has 0 aliphatic carbocycles. The first-order valence-corrected chi connectivity index (χ1v) is 7.84. The minimum Gasteiger partial charge on any atom is -0.489 e. The van der Waals surface area contributed by atoms with E-state index < -0.39 is 5.97 Å². The van der Waals surface area contributed by atoms with Crippen molar-refractivity contribution in [1.82, 2.24) is 0 Å². The molecule has 2 rings (SSSR count). The molecule has 2 aromatic rings. The number of nitrogens with one attached hydrogen (secondary N) is 1. The number of furan rings is 1. The molecule has 1 heterocycles. The maximum atomic E-state index is 12.5. The van der Waals surface area contributed by atoms with Crippen LogP contribution in [0.25, 0.3) is 0 Å². The van der Waals surface area contributed by atoms with Gasteiger partial charge in [-0.25, -0.2) is 4.79 Å². The Morgan fingerprint density at radius 2 is 2.04 bits per heavy atom. The van der Waals surface area contributed by atoms with Gasteiger partial charge in [0, 0.05) is 6.42 Å². The lowest BCUT2D eigenvalue weighted by atomic mass is 10.1. The molecule has 6 nitrogen and oxygen atoms in total. The Hall–Kier alpha value is -2.76. The molecule has 0 aliphatic heterocycles. The topological polar surface area (TPSA) is 88.8 Å². The average molecular weight is 331 g/mol. The molecule has 0 saturated heterocycles. The molecule has 1 aromatic heterocycles. The van der Waals surface area contributed by atoms with Crippen LogP contribution in [0.15, 0.2) is 34.9 Å². The molecule has 0 atom stereocenters. The van der Waals surface area contributed by atoms with Gasteiger partial charge in [0.1, 0.15) is 11.5 Å². The van der Waals surface area contributed by atoms with Crippen molar-refractivity contribution in [3.63, 3.8) is 0 Å². The van der Waals surface area contributed by atoms with Gasteiger partial charge < -0.3 is 19.6 Å². The van der Waals surface area contributed by atoms with E-state index in [1.165, 1.54) is 18.4 Å². The Morgan fingerprint density at radius 3 is 2.67 bits per heavy atom. The van der Waals surface area contributed by atoms with E-state index in [0.717, 1.165) is 6.42 Å². The monoisotopic (exact) mass is 331 g/mol. The summed E-state index contributed by atoms with van der Waals surface area (Å²) in [4.78, 5) is 23.7. The number of amides is 1. The molecule has 0 saturated carbocycles. The number of aromatic carboxylic acids is 1. The number of anilines is 1. The molecule has 6 heteroatoms. The summed E-state index contributed by atoms with van der Waals surface area (Å²) in [5, 5.41) is 11.9. The van der Waals surface area contributed by atoms with Crippen LogP contribution in [0.3, 0.4) is 0 Å². The van der Waals surface area contributed by atoms with Crippen molar-refractivity contribution in [2.24, 2.45) is 0 Å². The number of benzene rings is 1. The number of carbonyl (C=O) groups excluding carboxylic acids is 1. The molecule has 2 N–H and O–H groups in total. The largest absolute Gasteiger partial charge is 0.489 e. The van der Waals surface area contributed by atoms with Crippen LogP contribution in [0.2, 0.25) is 0 Å². The van der Waals surface area contributed by atoms with Gasteiger partial charge in [0.2, 0.25) is 0 Å². The Labute approximate surface area is 140 Å². The van der Waals surface area contributed by atoms with Gasteiger partial charge in [-0.05, 0) is 44.5 Å². The highest BCUT2D eigenvalue weighted by Gasteiger charge is 2.18. The fraction of sp³-hybridized carbons (Fsp3) is 0.333. The number of hydrogen-bond acceptors (Lipinski definition) is 4. The van der Waals surface area contributed by atoms with Gasteiger partial charge in [-0.15, -0.1) is 0 Å². The molecular formula is C18H21NO5. The summed E-state index contributed by atoms with van der Waals surface area (Å²) >= 11 is 0. The van der Waals surface area contributed by atoms with Crippen LogP contribution >= 0.6 is 0 Å². The first kappa shape index (κ1) is 17.6. The zero-order chi connectivity index (χ0) is 17.7. The van der Waals surface area contributed by atoms with Gasteiger partial charge in [0.25, 0.3) is 5.91 Å². The van der Waals surface area contributed by atoms with Crippen LogP contribution in [0.1, 0.15) is 53.7 Å². The third kappa shape index (κ3) is 4.16.